The molecule has 98 valence electrons. The number of halogens is 1. The number of rotatable bonds is 5. The summed E-state index contributed by atoms with van der Waals surface area (Å²) in [5.41, 5.74) is 5.52. The summed E-state index contributed by atoms with van der Waals surface area (Å²) in [5, 5.41) is 0. The highest BCUT2D eigenvalue weighted by molar-refractivity contribution is 7.89. The first-order valence-electron chi connectivity index (χ1n) is 5.47. The van der Waals surface area contributed by atoms with Crippen molar-refractivity contribution in [3.8, 4) is 0 Å². The van der Waals surface area contributed by atoms with Crippen LogP contribution < -0.4 is 10.5 Å². The molecule has 1 atom stereocenters. The second-order valence-electron chi connectivity index (χ2n) is 4.30. The van der Waals surface area contributed by atoms with E-state index in [1.54, 1.807) is 0 Å². The molecule has 1 saturated carbocycles. The van der Waals surface area contributed by atoms with Crippen molar-refractivity contribution in [1.29, 1.82) is 0 Å². The van der Waals surface area contributed by atoms with Crippen molar-refractivity contribution in [2.24, 2.45) is 11.7 Å². The average Bonchev–Trinajstić information content (AvgIpc) is 3.09. The van der Waals surface area contributed by atoms with Gasteiger partial charge in [0.2, 0.25) is 10.0 Å². The Labute approximate surface area is 110 Å². The summed E-state index contributed by atoms with van der Waals surface area (Å²) in [6.45, 7) is 0. The predicted molar refractivity (Wildman–Crippen MR) is 70.0 cm³/mol. The zero-order chi connectivity index (χ0) is 13.3. The van der Waals surface area contributed by atoms with Crippen LogP contribution in [-0.4, -0.2) is 19.4 Å². The largest absolute Gasteiger partial charge is 0.392 e. The molecule has 18 heavy (non-hydrogen) atoms. The van der Waals surface area contributed by atoms with Gasteiger partial charge in [0.05, 0.1) is 15.9 Å². The Balaban J connectivity index is 2.23. The highest BCUT2D eigenvalue weighted by Crippen LogP contribution is 2.33. The topological polar surface area (TPSA) is 72.2 Å². The van der Waals surface area contributed by atoms with Crippen molar-refractivity contribution in [2.75, 3.05) is 0 Å². The van der Waals surface area contributed by atoms with Crippen LogP contribution in [0.25, 0.3) is 0 Å². The molecule has 0 heterocycles. The Morgan fingerprint density at radius 2 is 2.17 bits per heavy atom. The summed E-state index contributed by atoms with van der Waals surface area (Å²) in [6, 6.07) is 4.27. The van der Waals surface area contributed by atoms with Gasteiger partial charge in [0.15, 0.2) is 0 Å². The lowest BCUT2D eigenvalue weighted by molar-refractivity contribution is 0.562. The highest BCUT2D eigenvalue weighted by atomic mass is 32.2. The summed E-state index contributed by atoms with van der Waals surface area (Å²) in [4.78, 5) is 0.00174. The highest BCUT2D eigenvalue weighted by Gasteiger charge is 2.36. The molecule has 0 bridgehead atoms. The van der Waals surface area contributed by atoms with E-state index in [-0.39, 0.29) is 15.8 Å². The van der Waals surface area contributed by atoms with Crippen molar-refractivity contribution in [2.45, 2.75) is 23.8 Å². The first kappa shape index (κ1) is 13.4. The van der Waals surface area contributed by atoms with Crippen LogP contribution >= 0.6 is 12.2 Å². The third kappa shape index (κ3) is 3.04. The van der Waals surface area contributed by atoms with Crippen LogP contribution in [0.15, 0.2) is 29.2 Å². The van der Waals surface area contributed by atoms with Gasteiger partial charge in [-0.1, -0.05) is 18.3 Å². The maximum atomic E-state index is 13.0. The van der Waals surface area contributed by atoms with E-state index in [4.69, 9.17) is 18.0 Å². The van der Waals surface area contributed by atoms with Gasteiger partial charge in [-0.25, -0.2) is 17.5 Å². The van der Waals surface area contributed by atoms with Gasteiger partial charge >= 0.3 is 0 Å². The molecule has 1 fully saturated rings. The number of benzene rings is 1. The van der Waals surface area contributed by atoms with Gasteiger partial charge < -0.3 is 5.73 Å². The van der Waals surface area contributed by atoms with E-state index in [0.29, 0.717) is 0 Å². The Hall–Kier alpha value is -1.05. The van der Waals surface area contributed by atoms with Gasteiger partial charge in [-0.2, -0.15) is 0 Å². The molecule has 0 radical (unpaired) electrons. The number of hydrogen-bond acceptors (Lipinski definition) is 3. The molecule has 7 heteroatoms. The molecule has 1 unspecified atom stereocenters. The van der Waals surface area contributed by atoms with Gasteiger partial charge in [-0.15, -0.1) is 0 Å². The molecule has 0 amide bonds. The molecule has 4 nitrogen and oxygen atoms in total. The Morgan fingerprint density at radius 3 is 2.67 bits per heavy atom. The summed E-state index contributed by atoms with van der Waals surface area (Å²) in [7, 11) is -3.79. The van der Waals surface area contributed by atoms with Gasteiger partial charge in [0.25, 0.3) is 0 Å². The smallest absolute Gasteiger partial charge is 0.241 e. The minimum atomic E-state index is -3.79. The fraction of sp³-hybridized carbons (Fsp3) is 0.364. The Bertz CT molecular complexity index is 570. The second-order valence-corrected chi connectivity index (χ2v) is 6.48. The van der Waals surface area contributed by atoms with Crippen molar-refractivity contribution in [1.82, 2.24) is 4.72 Å². The number of hydrogen-bond donors (Lipinski definition) is 2. The molecule has 1 aromatic carbocycles. The average molecular weight is 288 g/mol. The lowest BCUT2D eigenvalue weighted by Crippen LogP contribution is -2.44. The van der Waals surface area contributed by atoms with Crippen molar-refractivity contribution in [3.05, 3.63) is 30.1 Å². The van der Waals surface area contributed by atoms with E-state index in [1.807, 2.05) is 0 Å². The number of nitrogens with two attached hydrogens (primary N) is 1. The van der Waals surface area contributed by atoms with E-state index >= 15 is 0 Å². The summed E-state index contributed by atoms with van der Waals surface area (Å²) < 4.78 is 39.5. The Kier molecular flexibility index (Phi) is 3.65. The van der Waals surface area contributed by atoms with Crippen molar-refractivity contribution in [3.63, 3.8) is 0 Å². The zero-order valence-electron chi connectivity index (χ0n) is 9.47. The third-order valence-corrected chi connectivity index (χ3v) is 4.48. The molecule has 3 N–H and O–H groups in total. The van der Waals surface area contributed by atoms with Gasteiger partial charge in [0, 0.05) is 0 Å². The van der Waals surface area contributed by atoms with E-state index < -0.39 is 21.9 Å². The molecule has 2 rings (SSSR count). The molecule has 0 spiro atoms. The van der Waals surface area contributed by atoms with Crippen LogP contribution in [0.5, 0.6) is 0 Å². The maximum Gasteiger partial charge on any atom is 0.241 e. The molecule has 0 aromatic heterocycles. The van der Waals surface area contributed by atoms with E-state index in [0.717, 1.165) is 18.9 Å². The van der Waals surface area contributed by atoms with Crippen molar-refractivity contribution >= 4 is 27.2 Å². The number of thiocarbonyl (C=S) groups is 1. The third-order valence-electron chi connectivity index (χ3n) is 2.79. The van der Waals surface area contributed by atoms with E-state index in [9.17, 15) is 12.8 Å². The predicted octanol–water partition coefficient (Wildman–Crippen LogP) is 1.17. The Morgan fingerprint density at radius 1 is 1.50 bits per heavy atom. The lowest BCUT2D eigenvalue weighted by atomic mass is 10.2. The van der Waals surface area contributed by atoms with Crippen LogP contribution in [0.1, 0.15) is 12.8 Å². The molecule has 1 aliphatic carbocycles. The number of nitrogens with one attached hydrogen (secondary N) is 1. The molecule has 1 aromatic rings. The molecular formula is C11H13FN2O2S2. The van der Waals surface area contributed by atoms with Crippen LogP contribution in [0.3, 0.4) is 0 Å². The second kappa shape index (κ2) is 4.91. The van der Waals surface area contributed by atoms with Crippen molar-refractivity contribution < 1.29 is 12.8 Å². The summed E-state index contributed by atoms with van der Waals surface area (Å²) in [6.07, 6.45) is 1.79. The zero-order valence-corrected chi connectivity index (χ0v) is 11.1. The fourth-order valence-electron chi connectivity index (χ4n) is 1.69. The first-order valence-corrected chi connectivity index (χ1v) is 7.36. The van der Waals surface area contributed by atoms with E-state index in [1.165, 1.54) is 18.2 Å². The molecule has 0 aliphatic heterocycles. The molecule has 1 aliphatic rings. The monoisotopic (exact) mass is 288 g/mol. The minimum absolute atomic E-state index is 0.121. The van der Waals surface area contributed by atoms with Gasteiger partial charge in [-0.05, 0) is 37.0 Å². The molecule has 0 saturated heterocycles. The van der Waals surface area contributed by atoms with Gasteiger partial charge in [0.1, 0.15) is 5.82 Å². The first-order chi connectivity index (χ1) is 8.40. The summed E-state index contributed by atoms with van der Waals surface area (Å²) >= 11 is 4.85. The number of sulfonamides is 1. The van der Waals surface area contributed by atoms with Crippen LogP contribution in [-0.2, 0) is 10.0 Å². The van der Waals surface area contributed by atoms with Crippen LogP contribution in [0, 0.1) is 11.7 Å². The van der Waals surface area contributed by atoms with E-state index in [2.05, 4.69) is 4.72 Å². The SMILES string of the molecule is NC(=S)C(NS(=O)(=O)c1cccc(F)c1)C1CC1. The normalized spacial score (nSPS) is 17.4. The minimum Gasteiger partial charge on any atom is -0.392 e. The summed E-state index contributed by atoms with van der Waals surface area (Å²) in [5.74, 6) is -0.443. The van der Waals surface area contributed by atoms with Gasteiger partial charge in [-0.3, -0.25) is 0 Å². The quantitative estimate of drug-likeness (QED) is 0.798. The van der Waals surface area contributed by atoms with Crippen LogP contribution in [0.2, 0.25) is 0 Å². The molecular weight excluding hydrogens is 275 g/mol. The fourth-order valence-corrected chi connectivity index (χ4v) is 3.33. The maximum absolute atomic E-state index is 13.0. The standard InChI is InChI=1S/C11H13FN2O2S2/c12-8-2-1-3-9(6-8)18(15,16)14-10(11(13)17)7-4-5-7/h1-3,6-7,10,14H,4-5H2,(H2,13,17). The van der Waals surface area contributed by atoms with Crippen LogP contribution in [0.4, 0.5) is 4.39 Å². The lowest BCUT2D eigenvalue weighted by Gasteiger charge is -2.16.